The van der Waals surface area contributed by atoms with Crippen molar-refractivity contribution in [2.45, 2.75) is 44.4 Å². The number of ether oxygens (including phenoxy) is 2. The van der Waals surface area contributed by atoms with E-state index in [4.69, 9.17) is 9.47 Å². The highest BCUT2D eigenvalue weighted by molar-refractivity contribution is 6.11. The van der Waals surface area contributed by atoms with Crippen LogP contribution < -0.4 is 14.4 Å². The number of carbonyl (C=O) groups excluding carboxylic acids is 1. The Morgan fingerprint density at radius 3 is 2.69 bits per heavy atom. The molecule has 4 rings (SSSR count). The summed E-state index contributed by atoms with van der Waals surface area (Å²) >= 11 is 0. The van der Waals surface area contributed by atoms with Crippen LogP contribution in [0.3, 0.4) is 0 Å². The van der Waals surface area contributed by atoms with Gasteiger partial charge in [-0.3, -0.25) is 14.7 Å². The molecule has 1 atom stereocenters. The van der Waals surface area contributed by atoms with Gasteiger partial charge < -0.3 is 14.6 Å². The number of pyridine rings is 1. The van der Waals surface area contributed by atoms with E-state index in [9.17, 15) is 9.90 Å². The number of methoxy groups -OCH3 is 1. The first kappa shape index (κ1) is 16.8. The Morgan fingerprint density at radius 2 is 2.00 bits per heavy atom. The van der Waals surface area contributed by atoms with Gasteiger partial charge in [-0.1, -0.05) is 0 Å². The van der Waals surface area contributed by atoms with Crippen LogP contribution in [-0.2, 0) is 5.72 Å². The molecule has 0 spiro atoms. The Balaban J connectivity index is 1.73. The largest absolute Gasteiger partial charge is 0.493 e. The minimum absolute atomic E-state index is 0.160. The number of hydrogen-bond acceptors (Lipinski definition) is 5. The molecule has 0 radical (unpaired) electrons. The lowest BCUT2D eigenvalue weighted by Crippen LogP contribution is -2.41. The van der Waals surface area contributed by atoms with E-state index < -0.39 is 5.72 Å². The molecular weight excluding hydrogens is 332 g/mol. The first-order valence-corrected chi connectivity index (χ1v) is 8.89. The number of anilines is 1. The molecule has 1 N–H and O–H groups in total. The van der Waals surface area contributed by atoms with E-state index in [1.54, 1.807) is 50.6 Å². The number of hydrogen-bond donors (Lipinski definition) is 1. The van der Waals surface area contributed by atoms with Gasteiger partial charge in [0.2, 0.25) is 0 Å². The van der Waals surface area contributed by atoms with Crippen molar-refractivity contribution < 1.29 is 19.4 Å². The van der Waals surface area contributed by atoms with Crippen LogP contribution in [-0.4, -0.2) is 29.2 Å². The van der Waals surface area contributed by atoms with Crippen molar-refractivity contribution in [3.8, 4) is 11.5 Å². The number of aromatic nitrogens is 1. The van der Waals surface area contributed by atoms with E-state index in [0.29, 0.717) is 28.4 Å². The maximum atomic E-state index is 12.9. The van der Waals surface area contributed by atoms with E-state index in [1.165, 1.54) is 4.90 Å². The smallest absolute Gasteiger partial charge is 0.262 e. The zero-order valence-corrected chi connectivity index (χ0v) is 14.9. The van der Waals surface area contributed by atoms with E-state index in [2.05, 4.69) is 4.98 Å². The molecule has 1 fully saturated rings. The topological polar surface area (TPSA) is 71.9 Å². The molecule has 1 aromatic heterocycles. The Kier molecular flexibility index (Phi) is 4.07. The van der Waals surface area contributed by atoms with E-state index in [-0.39, 0.29) is 12.0 Å². The molecule has 136 valence electrons. The van der Waals surface area contributed by atoms with Gasteiger partial charge in [-0.05, 0) is 56.9 Å². The van der Waals surface area contributed by atoms with Crippen LogP contribution in [0.5, 0.6) is 11.5 Å². The zero-order chi connectivity index (χ0) is 18.3. The minimum Gasteiger partial charge on any atom is -0.493 e. The van der Waals surface area contributed by atoms with Gasteiger partial charge in [-0.15, -0.1) is 0 Å². The number of rotatable bonds is 4. The van der Waals surface area contributed by atoms with Gasteiger partial charge in [0, 0.05) is 12.3 Å². The van der Waals surface area contributed by atoms with Gasteiger partial charge in [0.05, 0.1) is 24.5 Å². The first-order chi connectivity index (χ1) is 12.5. The zero-order valence-electron chi connectivity index (χ0n) is 14.9. The van der Waals surface area contributed by atoms with Gasteiger partial charge in [0.15, 0.2) is 17.2 Å². The second-order valence-electron chi connectivity index (χ2n) is 6.92. The third-order valence-corrected chi connectivity index (χ3v) is 5.13. The summed E-state index contributed by atoms with van der Waals surface area (Å²) in [4.78, 5) is 18.4. The van der Waals surface area contributed by atoms with Crippen LogP contribution in [0.25, 0.3) is 0 Å². The molecule has 1 saturated carbocycles. The van der Waals surface area contributed by atoms with Gasteiger partial charge in [-0.2, -0.15) is 0 Å². The van der Waals surface area contributed by atoms with Crippen LogP contribution in [0.1, 0.15) is 48.7 Å². The second kappa shape index (κ2) is 6.29. The molecular formula is C20H22N2O4. The van der Waals surface area contributed by atoms with Crippen molar-refractivity contribution in [3.63, 3.8) is 0 Å². The lowest BCUT2D eigenvalue weighted by atomic mass is 10.1. The number of nitrogens with zero attached hydrogens (tertiary/aromatic N) is 2. The normalized spacial score (nSPS) is 22.6. The number of aliphatic hydroxyl groups is 1. The number of carbonyl (C=O) groups is 1. The molecule has 2 heterocycles. The lowest BCUT2D eigenvalue weighted by molar-refractivity contribution is 0.0525. The molecule has 1 unspecified atom stereocenters. The van der Waals surface area contributed by atoms with Gasteiger partial charge in [0.25, 0.3) is 5.91 Å². The quantitative estimate of drug-likeness (QED) is 0.913. The van der Waals surface area contributed by atoms with Crippen LogP contribution in [0.15, 0.2) is 36.5 Å². The molecule has 6 nitrogen and oxygen atoms in total. The molecule has 0 saturated heterocycles. The van der Waals surface area contributed by atoms with Crippen molar-refractivity contribution >= 4 is 11.6 Å². The molecule has 1 aromatic carbocycles. The standard InChI is InChI=1S/C20H22N2O4/c1-20(24)18-15(8-5-11-21-18)19(23)22(20)13-9-10-16(25-2)17(12-13)26-14-6-3-4-7-14/h5,8-12,14,24H,3-4,6-7H2,1-2H3. The Bertz CT molecular complexity index is 843. The molecule has 1 amide bonds. The van der Waals surface area contributed by atoms with Crippen LogP contribution >= 0.6 is 0 Å². The van der Waals surface area contributed by atoms with Crippen molar-refractivity contribution in [2.75, 3.05) is 12.0 Å². The van der Waals surface area contributed by atoms with E-state index >= 15 is 0 Å². The fraction of sp³-hybridized carbons (Fsp3) is 0.400. The summed E-state index contributed by atoms with van der Waals surface area (Å²) < 4.78 is 11.5. The van der Waals surface area contributed by atoms with E-state index in [1.807, 2.05) is 0 Å². The lowest BCUT2D eigenvalue weighted by Gasteiger charge is -2.30. The van der Waals surface area contributed by atoms with Crippen molar-refractivity contribution in [1.82, 2.24) is 4.98 Å². The fourth-order valence-electron chi connectivity index (χ4n) is 3.83. The average Bonchev–Trinajstić information content (AvgIpc) is 3.21. The molecule has 6 heteroatoms. The molecule has 26 heavy (non-hydrogen) atoms. The van der Waals surface area contributed by atoms with Crippen molar-refractivity contribution in [3.05, 3.63) is 47.8 Å². The monoisotopic (exact) mass is 354 g/mol. The molecule has 1 aliphatic heterocycles. The number of amides is 1. The van der Waals surface area contributed by atoms with Crippen LogP contribution in [0.2, 0.25) is 0 Å². The summed E-state index contributed by atoms with van der Waals surface area (Å²) in [6.45, 7) is 1.57. The summed E-state index contributed by atoms with van der Waals surface area (Å²) in [6, 6.07) is 8.64. The summed E-state index contributed by atoms with van der Waals surface area (Å²) in [5.74, 6) is 0.919. The SMILES string of the molecule is COc1ccc(N2C(=O)c3cccnc3C2(C)O)cc1OC1CCCC1. The molecule has 2 aromatic rings. The van der Waals surface area contributed by atoms with Crippen LogP contribution in [0, 0.1) is 0 Å². The Labute approximate surface area is 152 Å². The van der Waals surface area contributed by atoms with Crippen molar-refractivity contribution in [1.29, 1.82) is 0 Å². The predicted molar refractivity (Wildman–Crippen MR) is 96.5 cm³/mol. The maximum absolute atomic E-state index is 12.9. The van der Waals surface area contributed by atoms with E-state index in [0.717, 1.165) is 25.7 Å². The highest BCUT2D eigenvalue weighted by Crippen LogP contribution is 2.42. The van der Waals surface area contributed by atoms with Gasteiger partial charge in [0.1, 0.15) is 5.69 Å². The Morgan fingerprint density at radius 1 is 1.23 bits per heavy atom. The number of fused-ring (bicyclic) bond motifs is 1. The second-order valence-corrected chi connectivity index (χ2v) is 6.92. The maximum Gasteiger partial charge on any atom is 0.262 e. The fourth-order valence-corrected chi connectivity index (χ4v) is 3.83. The third kappa shape index (κ3) is 2.61. The first-order valence-electron chi connectivity index (χ1n) is 8.89. The summed E-state index contributed by atoms with van der Waals surface area (Å²) in [5, 5.41) is 11.0. The average molecular weight is 354 g/mol. The predicted octanol–water partition coefficient (Wildman–Crippen LogP) is 3.24. The summed E-state index contributed by atoms with van der Waals surface area (Å²) in [6.07, 6.45) is 6.09. The van der Waals surface area contributed by atoms with Gasteiger partial charge >= 0.3 is 0 Å². The minimum atomic E-state index is -1.52. The van der Waals surface area contributed by atoms with Gasteiger partial charge in [-0.25, -0.2) is 0 Å². The molecule has 0 bridgehead atoms. The number of benzene rings is 1. The van der Waals surface area contributed by atoms with Crippen LogP contribution in [0.4, 0.5) is 5.69 Å². The van der Waals surface area contributed by atoms with Crippen molar-refractivity contribution in [2.24, 2.45) is 0 Å². The third-order valence-electron chi connectivity index (χ3n) is 5.13. The molecule has 2 aliphatic rings. The highest BCUT2D eigenvalue weighted by atomic mass is 16.5. The summed E-state index contributed by atoms with van der Waals surface area (Å²) in [5.41, 5.74) is -0.204. The highest BCUT2D eigenvalue weighted by Gasteiger charge is 2.47. The Hall–Kier alpha value is -2.60. The summed E-state index contributed by atoms with van der Waals surface area (Å²) in [7, 11) is 1.59. The molecule has 1 aliphatic carbocycles.